The largest absolute Gasteiger partial charge is 0.295 e. The number of sulfone groups is 2. The highest BCUT2D eigenvalue weighted by Gasteiger charge is 2.42. The third-order valence-corrected chi connectivity index (χ3v) is 10.8. The Morgan fingerprint density at radius 1 is 0.889 bits per heavy atom. The van der Waals surface area contributed by atoms with E-state index in [4.69, 9.17) is 0 Å². The van der Waals surface area contributed by atoms with Crippen molar-refractivity contribution < 1.29 is 21.6 Å². The Hall–Kier alpha value is -2.51. The molecule has 2 aromatic rings. The summed E-state index contributed by atoms with van der Waals surface area (Å²) in [4.78, 5) is 13.1. The lowest BCUT2D eigenvalue weighted by Gasteiger charge is -2.38. The summed E-state index contributed by atoms with van der Waals surface area (Å²) in [6.07, 6.45) is 2.68. The molecule has 0 N–H and O–H groups in total. The number of ketones is 1. The molecule has 1 atom stereocenters. The minimum Gasteiger partial charge on any atom is -0.295 e. The van der Waals surface area contributed by atoms with E-state index >= 15 is 0 Å². The van der Waals surface area contributed by atoms with E-state index in [9.17, 15) is 21.6 Å². The number of allylic oxidation sites excluding steroid dienone is 2. The maximum absolute atomic E-state index is 14.0. The quantitative estimate of drug-likeness (QED) is 0.395. The van der Waals surface area contributed by atoms with Crippen molar-refractivity contribution in [2.45, 2.75) is 75.8 Å². The van der Waals surface area contributed by atoms with Crippen molar-refractivity contribution in [1.29, 1.82) is 0 Å². The molecule has 0 saturated carbocycles. The lowest BCUT2D eigenvalue weighted by Crippen LogP contribution is -2.37. The topological polar surface area (TPSA) is 85.3 Å². The van der Waals surface area contributed by atoms with Gasteiger partial charge in [0.2, 0.25) is 0 Å². The van der Waals surface area contributed by atoms with E-state index in [1.807, 2.05) is 27.7 Å². The number of aryl methyl sites for hydroxylation is 2. The third kappa shape index (κ3) is 6.06. The highest BCUT2D eigenvalue weighted by atomic mass is 32.2. The van der Waals surface area contributed by atoms with Crippen molar-refractivity contribution in [3.63, 3.8) is 0 Å². The van der Waals surface area contributed by atoms with Crippen LogP contribution in [0.2, 0.25) is 0 Å². The van der Waals surface area contributed by atoms with E-state index in [1.165, 1.54) is 0 Å². The smallest absolute Gasteiger partial charge is 0.185 e. The van der Waals surface area contributed by atoms with Gasteiger partial charge in [0.1, 0.15) is 0 Å². The van der Waals surface area contributed by atoms with Crippen LogP contribution in [0.3, 0.4) is 0 Å². The van der Waals surface area contributed by atoms with Gasteiger partial charge in [-0.3, -0.25) is 4.79 Å². The van der Waals surface area contributed by atoms with Crippen LogP contribution < -0.4 is 0 Å². The fraction of sp³-hybridized carbons (Fsp3) is 0.414. The molecule has 0 saturated heterocycles. The zero-order valence-corrected chi connectivity index (χ0v) is 23.6. The van der Waals surface area contributed by atoms with Gasteiger partial charge in [-0.25, -0.2) is 16.8 Å². The van der Waals surface area contributed by atoms with E-state index in [1.54, 1.807) is 68.5 Å². The average Bonchev–Trinajstić information content (AvgIpc) is 2.80. The maximum Gasteiger partial charge on any atom is 0.185 e. The predicted molar refractivity (Wildman–Crippen MR) is 144 cm³/mol. The Morgan fingerprint density at radius 3 is 1.92 bits per heavy atom. The van der Waals surface area contributed by atoms with Crippen molar-refractivity contribution in [1.82, 2.24) is 0 Å². The van der Waals surface area contributed by atoms with Gasteiger partial charge >= 0.3 is 0 Å². The number of benzene rings is 2. The molecule has 0 aliphatic heterocycles. The zero-order chi connectivity index (χ0) is 26.9. The monoisotopic (exact) mass is 528 g/mol. The van der Waals surface area contributed by atoms with Crippen LogP contribution in [-0.2, 0) is 24.5 Å². The van der Waals surface area contributed by atoms with E-state index < -0.39 is 30.3 Å². The van der Waals surface area contributed by atoms with Gasteiger partial charge in [-0.2, -0.15) is 0 Å². The van der Waals surface area contributed by atoms with Crippen LogP contribution in [0.15, 0.2) is 81.1 Å². The van der Waals surface area contributed by atoms with Gasteiger partial charge < -0.3 is 0 Å². The van der Waals surface area contributed by atoms with E-state index in [0.717, 1.165) is 11.1 Å². The van der Waals surface area contributed by atoms with Crippen molar-refractivity contribution in [3.8, 4) is 0 Å². The second kappa shape index (κ2) is 10.5. The SMILES string of the molecule is CC1=C(C(C/C(C)=C/CS(=O)(=O)c2ccc(C)cc2)S(=O)(=O)c2ccc(C)cc2)C(C)(C)CCC1=O. The van der Waals surface area contributed by atoms with Gasteiger partial charge in [-0.05, 0) is 81.4 Å². The summed E-state index contributed by atoms with van der Waals surface area (Å²) in [6.45, 7) is 11.2. The molecule has 0 radical (unpaired) electrons. The first kappa shape index (κ1) is 28.1. The van der Waals surface area contributed by atoms with E-state index in [-0.39, 0.29) is 27.7 Å². The van der Waals surface area contributed by atoms with Crippen LogP contribution in [-0.4, -0.2) is 33.6 Å². The fourth-order valence-corrected chi connectivity index (χ4v) is 8.19. The zero-order valence-electron chi connectivity index (χ0n) is 22.0. The molecule has 194 valence electrons. The normalized spacial score (nSPS) is 17.8. The molecule has 0 fully saturated rings. The van der Waals surface area contributed by atoms with Crippen LogP contribution in [0, 0.1) is 19.3 Å². The number of hydrogen-bond acceptors (Lipinski definition) is 5. The molecular formula is C29H36O5S2. The molecule has 0 heterocycles. The lowest BCUT2D eigenvalue weighted by molar-refractivity contribution is -0.116. The van der Waals surface area contributed by atoms with Gasteiger partial charge in [-0.1, -0.05) is 60.9 Å². The Labute approximate surface area is 216 Å². The van der Waals surface area contributed by atoms with Crippen molar-refractivity contribution in [2.24, 2.45) is 5.41 Å². The van der Waals surface area contributed by atoms with Crippen LogP contribution >= 0.6 is 0 Å². The molecule has 0 amide bonds. The third-order valence-electron chi connectivity index (χ3n) is 7.11. The highest BCUT2D eigenvalue weighted by molar-refractivity contribution is 7.92. The molecule has 1 aliphatic rings. The molecule has 1 aliphatic carbocycles. The Kier molecular flexibility index (Phi) is 8.16. The predicted octanol–water partition coefficient (Wildman–Crippen LogP) is 5.96. The summed E-state index contributed by atoms with van der Waals surface area (Å²) in [5, 5.41) is -0.960. The van der Waals surface area contributed by atoms with Crippen LogP contribution in [0.25, 0.3) is 0 Å². The van der Waals surface area contributed by atoms with Gasteiger partial charge in [0.05, 0.1) is 20.8 Å². The fourth-order valence-electron chi connectivity index (χ4n) is 4.81. The molecule has 2 aromatic carbocycles. The second-order valence-electron chi connectivity index (χ2n) is 10.5. The highest BCUT2D eigenvalue weighted by Crippen LogP contribution is 2.45. The minimum absolute atomic E-state index is 0.0305. The maximum atomic E-state index is 14.0. The Balaban J connectivity index is 2.04. The first-order valence-electron chi connectivity index (χ1n) is 12.2. The molecule has 0 bridgehead atoms. The first-order valence-corrected chi connectivity index (χ1v) is 15.3. The molecule has 7 heteroatoms. The number of rotatable bonds is 8. The summed E-state index contributed by atoms with van der Waals surface area (Å²) < 4.78 is 53.7. The molecule has 1 unspecified atom stereocenters. The number of carbonyl (C=O) groups is 1. The summed E-state index contributed by atoms with van der Waals surface area (Å²) in [6, 6.07) is 13.4. The number of carbonyl (C=O) groups excluding carboxylic acids is 1. The van der Waals surface area contributed by atoms with E-state index in [0.29, 0.717) is 29.6 Å². The Morgan fingerprint density at radius 2 is 1.39 bits per heavy atom. The van der Waals surface area contributed by atoms with Gasteiger partial charge in [0.15, 0.2) is 25.5 Å². The van der Waals surface area contributed by atoms with Crippen molar-refractivity contribution >= 4 is 25.5 Å². The van der Waals surface area contributed by atoms with E-state index in [2.05, 4.69) is 0 Å². The average molecular weight is 529 g/mol. The van der Waals surface area contributed by atoms with Gasteiger partial charge in [-0.15, -0.1) is 0 Å². The Bertz CT molecular complexity index is 1410. The van der Waals surface area contributed by atoms with Crippen LogP contribution in [0.5, 0.6) is 0 Å². The standard InChI is InChI=1S/C29H36O5S2/c1-20-7-11-24(12-8-20)35(31,32)18-16-22(3)19-27(28-23(4)26(30)15-17-29(28,5)6)36(33,34)25-13-9-21(2)10-14-25/h7-14,16,27H,15,17-19H2,1-6H3/b22-16+. The first-order chi connectivity index (χ1) is 16.6. The minimum atomic E-state index is -3.85. The molecule has 5 nitrogen and oxygen atoms in total. The summed E-state index contributed by atoms with van der Waals surface area (Å²) >= 11 is 0. The number of Topliss-reactive ketones (excluding diaryl/α,β-unsaturated/α-hetero) is 1. The molecule has 0 spiro atoms. The summed E-state index contributed by atoms with van der Waals surface area (Å²) in [5.74, 6) is -0.253. The van der Waals surface area contributed by atoms with Gasteiger partial charge in [0.25, 0.3) is 0 Å². The van der Waals surface area contributed by atoms with Gasteiger partial charge in [0, 0.05) is 6.42 Å². The molecule has 3 rings (SSSR count). The lowest BCUT2D eigenvalue weighted by atomic mass is 9.70. The second-order valence-corrected chi connectivity index (χ2v) is 14.7. The molecular weight excluding hydrogens is 492 g/mol. The van der Waals surface area contributed by atoms with Crippen molar-refractivity contribution in [2.75, 3.05) is 5.75 Å². The van der Waals surface area contributed by atoms with Crippen molar-refractivity contribution in [3.05, 3.63) is 82.5 Å². The molecule has 0 aromatic heterocycles. The van der Waals surface area contributed by atoms with Crippen LogP contribution in [0.1, 0.15) is 58.1 Å². The number of hydrogen-bond donors (Lipinski definition) is 0. The molecule has 36 heavy (non-hydrogen) atoms. The summed E-state index contributed by atoms with van der Waals surface area (Å²) in [5.41, 5.74) is 3.24. The van der Waals surface area contributed by atoms with Crippen LogP contribution in [0.4, 0.5) is 0 Å². The summed E-state index contributed by atoms with van der Waals surface area (Å²) in [7, 11) is -7.41.